The third-order valence-corrected chi connectivity index (χ3v) is 6.60. The van der Waals surface area contributed by atoms with Gasteiger partial charge in [-0.25, -0.2) is 0 Å². The van der Waals surface area contributed by atoms with E-state index in [2.05, 4.69) is 21.2 Å². The summed E-state index contributed by atoms with van der Waals surface area (Å²) in [5, 5.41) is 13.9. The Morgan fingerprint density at radius 3 is 2.48 bits per heavy atom. The Morgan fingerprint density at radius 1 is 1.06 bits per heavy atom. The lowest BCUT2D eigenvalue weighted by atomic mass is 10.1. The number of nitrogens with zero attached hydrogens (tertiary/aromatic N) is 1. The molecule has 0 bridgehead atoms. The van der Waals surface area contributed by atoms with Gasteiger partial charge < -0.3 is 10.1 Å². The number of benzene rings is 3. The fraction of sp³-hybridized carbons (Fsp3) is 0.0833. The first kappa shape index (κ1) is 25.4. The number of carbonyl (C=O) groups excluding carboxylic acids is 1. The zero-order valence-corrected chi connectivity index (χ0v) is 21.7. The van der Waals surface area contributed by atoms with Crippen LogP contribution in [0.4, 0.5) is 5.69 Å². The van der Waals surface area contributed by atoms with Crippen molar-refractivity contribution in [2.75, 3.05) is 5.32 Å². The average Bonchev–Trinajstić information content (AvgIpc) is 2.77. The van der Waals surface area contributed by atoms with E-state index in [0.717, 1.165) is 5.56 Å². The van der Waals surface area contributed by atoms with Crippen molar-refractivity contribution in [1.29, 1.82) is 5.26 Å². The standard InChI is InChI=1S/C24H15BrCl4N2O2/c1-13-18(26)3-2-4-22(13)31-24(32)16(11-30)7-15-8-17(25)23(21(29)10-15)33-12-14-5-6-19(27)20(28)9-14/h2-10H,12H2,1H3,(H,31,32)/b16-7-. The lowest BCUT2D eigenvalue weighted by Crippen LogP contribution is -2.14. The number of carbonyl (C=O) groups is 1. The normalized spacial score (nSPS) is 11.1. The summed E-state index contributed by atoms with van der Waals surface area (Å²) >= 11 is 27.9. The van der Waals surface area contributed by atoms with E-state index in [-0.39, 0.29) is 12.2 Å². The highest BCUT2D eigenvalue weighted by molar-refractivity contribution is 9.10. The third kappa shape index (κ3) is 6.44. The highest BCUT2D eigenvalue weighted by Crippen LogP contribution is 2.36. The molecular formula is C24H15BrCl4N2O2. The fourth-order valence-electron chi connectivity index (χ4n) is 2.83. The van der Waals surface area contributed by atoms with Crippen molar-refractivity contribution in [2.24, 2.45) is 0 Å². The number of rotatable bonds is 6. The largest absolute Gasteiger partial charge is 0.486 e. The van der Waals surface area contributed by atoms with Gasteiger partial charge in [-0.15, -0.1) is 0 Å². The third-order valence-electron chi connectivity index (χ3n) is 4.58. The second kappa shape index (κ2) is 11.3. The van der Waals surface area contributed by atoms with Gasteiger partial charge in [-0.3, -0.25) is 4.79 Å². The smallest absolute Gasteiger partial charge is 0.266 e. The summed E-state index contributed by atoms with van der Waals surface area (Å²) in [5.41, 5.74) is 2.50. The highest BCUT2D eigenvalue weighted by atomic mass is 79.9. The van der Waals surface area contributed by atoms with E-state index in [4.69, 9.17) is 51.1 Å². The maximum absolute atomic E-state index is 12.6. The number of nitriles is 1. The van der Waals surface area contributed by atoms with Crippen molar-refractivity contribution < 1.29 is 9.53 Å². The van der Waals surface area contributed by atoms with Crippen molar-refractivity contribution in [3.63, 3.8) is 0 Å². The maximum Gasteiger partial charge on any atom is 0.266 e. The molecule has 4 nitrogen and oxygen atoms in total. The molecule has 0 aliphatic rings. The second-order valence-electron chi connectivity index (χ2n) is 6.89. The highest BCUT2D eigenvalue weighted by Gasteiger charge is 2.14. The number of amides is 1. The number of nitrogens with one attached hydrogen (secondary N) is 1. The van der Waals surface area contributed by atoms with E-state index in [0.29, 0.717) is 47.1 Å². The van der Waals surface area contributed by atoms with Crippen LogP contribution in [0.2, 0.25) is 20.1 Å². The van der Waals surface area contributed by atoms with Crippen LogP contribution < -0.4 is 10.1 Å². The van der Waals surface area contributed by atoms with Gasteiger partial charge in [0.05, 0.1) is 19.5 Å². The molecule has 0 heterocycles. The molecule has 0 fully saturated rings. The predicted octanol–water partition coefficient (Wildman–Crippen LogP) is 8.50. The predicted molar refractivity (Wildman–Crippen MR) is 138 cm³/mol. The van der Waals surface area contributed by atoms with Crippen molar-refractivity contribution >= 4 is 80.0 Å². The number of ether oxygens (including phenoxy) is 1. The van der Waals surface area contributed by atoms with Gasteiger partial charge in [0.2, 0.25) is 0 Å². The minimum atomic E-state index is -0.560. The molecule has 3 aromatic carbocycles. The summed E-state index contributed by atoms with van der Waals surface area (Å²) < 4.78 is 6.39. The topological polar surface area (TPSA) is 62.1 Å². The maximum atomic E-state index is 12.6. The van der Waals surface area contributed by atoms with Crippen LogP contribution in [0.3, 0.4) is 0 Å². The molecule has 0 saturated heterocycles. The van der Waals surface area contributed by atoms with Crippen molar-refractivity contribution in [2.45, 2.75) is 13.5 Å². The minimum absolute atomic E-state index is 0.0955. The van der Waals surface area contributed by atoms with Crippen LogP contribution in [0.5, 0.6) is 5.75 Å². The number of halogens is 5. The van der Waals surface area contributed by atoms with Crippen LogP contribution in [0.15, 0.2) is 58.6 Å². The van der Waals surface area contributed by atoms with Crippen molar-refractivity contribution in [3.8, 4) is 11.8 Å². The summed E-state index contributed by atoms with van der Waals surface area (Å²) in [6, 6.07) is 15.6. The van der Waals surface area contributed by atoms with E-state index in [1.807, 2.05) is 6.07 Å². The summed E-state index contributed by atoms with van der Waals surface area (Å²) in [5.74, 6) is -0.146. The van der Waals surface area contributed by atoms with Crippen LogP contribution in [0.25, 0.3) is 6.08 Å². The van der Waals surface area contributed by atoms with Crippen LogP contribution in [0, 0.1) is 18.3 Å². The monoisotopic (exact) mass is 582 g/mol. The van der Waals surface area contributed by atoms with E-state index < -0.39 is 5.91 Å². The SMILES string of the molecule is Cc1c(Cl)cccc1NC(=O)/C(C#N)=C\c1cc(Cl)c(OCc2ccc(Cl)c(Cl)c2)c(Br)c1. The summed E-state index contributed by atoms with van der Waals surface area (Å²) in [7, 11) is 0. The lowest BCUT2D eigenvalue weighted by Gasteiger charge is -2.12. The van der Waals surface area contributed by atoms with Gasteiger partial charge >= 0.3 is 0 Å². The average molecular weight is 585 g/mol. The lowest BCUT2D eigenvalue weighted by molar-refractivity contribution is -0.112. The second-order valence-corrected chi connectivity index (χ2v) is 9.37. The molecule has 168 valence electrons. The first-order valence-corrected chi connectivity index (χ1v) is 11.7. The Hall–Kier alpha value is -2.20. The Kier molecular flexibility index (Phi) is 8.69. The molecule has 0 aliphatic carbocycles. The Morgan fingerprint density at radius 2 is 1.82 bits per heavy atom. The summed E-state index contributed by atoms with van der Waals surface area (Å²) in [6.45, 7) is 2.00. The molecule has 0 aliphatic heterocycles. The zero-order valence-electron chi connectivity index (χ0n) is 17.1. The molecule has 0 unspecified atom stereocenters. The van der Waals surface area contributed by atoms with Crippen LogP contribution in [-0.4, -0.2) is 5.91 Å². The van der Waals surface area contributed by atoms with E-state index in [9.17, 15) is 10.1 Å². The van der Waals surface area contributed by atoms with Gasteiger partial charge in [0, 0.05) is 10.7 Å². The van der Waals surface area contributed by atoms with Crippen LogP contribution in [0.1, 0.15) is 16.7 Å². The molecule has 9 heteroatoms. The quantitative estimate of drug-likeness (QED) is 0.233. The molecule has 0 aromatic heterocycles. The molecule has 1 N–H and O–H groups in total. The van der Waals surface area contributed by atoms with Gasteiger partial charge in [0.25, 0.3) is 5.91 Å². The van der Waals surface area contributed by atoms with E-state index in [1.165, 1.54) is 6.08 Å². The van der Waals surface area contributed by atoms with Gasteiger partial charge in [0.1, 0.15) is 18.2 Å². The van der Waals surface area contributed by atoms with Gasteiger partial charge in [0.15, 0.2) is 5.75 Å². The summed E-state index contributed by atoms with van der Waals surface area (Å²) in [4.78, 5) is 12.6. The first-order chi connectivity index (χ1) is 15.7. The minimum Gasteiger partial charge on any atom is -0.486 e. The number of hydrogen-bond donors (Lipinski definition) is 1. The van der Waals surface area contributed by atoms with E-state index >= 15 is 0 Å². The molecule has 3 rings (SSSR count). The molecule has 3 aromatic rings. The fourth-order valence-corrected chi connectivity index (χ4v) is 4.32. The summed E-state index contributed by atoms with van der Waals surface area (Å²) in [6.07, 6.45) is 1.44. The molecule has 0 atom stereocenters. The molecule has 0 radical (unpaired) electrons. The molecule has 0 spiro atoms. The Balaban J connectivity index is 1.79. The number of anilines is 1. The molecular weight excluding hydrogens is 570 g/mol. The van der Waals surface area contributed by atoms with Crippen LogP contribution in [-0.2, 0) is 11.4 Å². The van der Waals surface area contributed by atoms with Crippen molar-refractivity contribution in [3.05, 3.63) is 95.4 Å². The molecule has 1 amide bonds. The Labute approximate surface area is 219 Å². The number of hydrogen-bond acceptors (Lipinski definition) is 3. The van der Waals surface area contributed by atoms with Gasteiger partial charge in [-0.2, -0.15) is 5.26 Å². The van der Waals surface area contributed by atoms with Crippen molar-refractivity contribution in [1.82, 2.24) is 0 Å². The zero-order chi connectivity index (χ0) is 24.1. The molecule has 0 saturated carbocycles. The van der Waals surface area contributed by atoms with Gasteiger partial charge in [-0.05, 0) is 82.0 Å². The Bertz CT molecular complexity index is 1280. The molecule has 33 heavy (non-hydrogen) atoms. The van der Waals surface area contributed by atoms with Gasteiger partial charge in [-0.1, -0.05) is 58.5 Å². The first-order valence-electron chi connectivity index (χ1n) is 9.43. The van der Waals surface area contributed by atoms with E-state index in [1.54, 1.807) is 55.5 Å². The van der Waals surface area contributed by atoms with Crippen LogP contribution >= 0.6 is 62.3 Å².